The highest BCUT2D eigenvalue weighted by Gasteiger charge is 2.18. The molecule has 3 aromatic rings. The lowest BCUT2D eigenvalue weighted by molar-refractivity contribution is 0.0840. The van der Waals surface area contributed by atoms with Crippen LogP contribution in [0.1, 0.15) is 26.4 Å². The van der Waals surface area contributed by atoms with Crippen molar-refractivity contribution in [2.45, 2.75) is 13.8 Å². The van der Waals surface area contributed by atoms with Crippen LogP contribution in [0.15, 0.2) is 42.5 Å². The van der Waals surface area contributed by atoms with Gasteiger partial charge in [-0.3, -0.25) is 14.2 Å². The Bertz CT molecular complexity index is 943. The molecule has 0 amide bonds. The lowest BCUT2D eigenvalue weighted by Crippen LogP contribution is -2.20. The van der Waals surface area contributed by atoms with Gasteiger partial charge >= 0.3 is 0 Å². The number of carbonyl (C=O) groups is 2. The van der Waals surface area contributed by atoms with Crippen LogP contribution in [0.25, 0.3) is 10.9 Å². The number of aromatic nitrogens is 1. The number of fused-ring (bicyclic) bond motifs is 1. The van der Waals surface area contributed by atoms with E-state index >= 15 is 0 Å². The van der Waals surface area contributed by atoms with Crippen molar-refractivity contribution in [2.75, 3.05) is 6.61 Å². The zero-order chi connectivity index (χ0) is 17.3. The van der Waals surface area contributed by atoms with Crippen molar-refractivity contribution in [3.8, 4) is 5.75 Å². The Balaban J connectivity index is 1.92. The van der Waals surface area contributed by atoms with Gasteiger partial charge in [0.15, 0.2) is 12.9 Å². The molecule has 0 fully saturated rings. The number of benzene rings is 2. The zero-order valence-electron chi connectivity index (χ0n) is 13.4. The van der Waals surface area contributed by atoms with Crippen LogP contribution in [0.4, 0.5) is 0 Å². The summed E-state index contributed by atoms with van der Waals surface area (Å²) in [5, 5.41) is 1.38. The summed E-state index contributed by atoms with van der Waals surface area (Å²) in [5.41, 5.74) is 2.71. The smallest absolute Gasteiger partial charge is 0.269 e. The molecular weight excluding hydrogens is 326 g/mol. The van der Waals surface area contributed by atoms with E-state index in [9.17, 15) is 9.59 Å². The first kappa shape index (κ1) is 16.3. The molecule has 1 aromatic heterocycles. The number of aldehydes is 1. The van der Waals surface area contributed by atoms with Crippen LogP contribution >= 0.6 is 11.6 Å². The number of hydrogen-bond acceptors (Lipinski definition) is 3. The molecule has 5 heteroatoms. The van der Waals surface area contributed by atoms with Gasteiger partial charge in [0.05, 0.1) is 5.52 Å². The van der Waals surface area contributed by atoms with Crippen LogP contribution in [0.2, 0.25) is 5.02 Å². The zero-order valence-corrected chi connectivity index (χ0v) is 14.1. The van der Waals surface area contributed by atoms with Crippen LogP contribution in [0.3, 0.4) is 0 Å². The summed E-state index contributed by atoms with van der Waals surface area (Å²) in [6.45, 7) is 3.50. The van der Waals surface area contributed by atoms with E-state index in [1.165, 1.54) is 4.57 Å². The fourth-order valence-electron chi connectivity index (χ4n) is 2.84. The molecule has 2 aromatic carbocycles. The lowest BCUT2D eigenvalue weighted by atomic mass is 10.1. The molecule has 4 nitrogen and oxygen atoms in total. The van der Waals surface area contributed by atoms with Gasteiger partial charge in [-0.15, -0.1) is 0 Å². The molecule has 0 N–H and O–H groups in total. The normalized spacial score (nSPS) is 10.8. The van der Waals surface area contributed by atoms with E-state index in [2.05, 4.69) is 0 Å². The maximum absolute atomic E-state index is 12.7. The number of nitrogens with zero attached hydrogens (tertiary/aromatic N) is 1. The van der Waals surface area contributed by atoms with Crippen molar-refractivity contribution in [2.24, 2.45) is 0 Å². The van der Waals surface area contributed by atoms with Gasteiger partial charge in [-0.1, -0.05) is 29.8 Å². The summed E-state index contributed by atoms with van der Waals surface area (Å²) in [5.74, 6) is 0.378. The van der Waals surface area contributed by atoms with Gasteiger partial charge in [0.1, 0.15) is 5.75 Å². The second kappa shape index (κ2) is 6.49. The van der Waals surface area contributed by atoms with Gasteiger partial charge < -0.3 is 4.74 Å². The summed E-state index contributed by atoms with van der Waals surface area (Å²) in [4.78, 5) is 24.0. The van der Waals surface area contributed by atoms with Gasteiger partial charge in [0.25, 0.3) is 5.91 Å². The average Bonchev–Trinajstić information content (AvgIpc) is 2.85. The first-order chi connectivity index (χ1) is 11.5. The minimum absolute atomic E-state index is 0.125. The van der Waals surface area contributed by atoms with Gasteiger partial charge in [0, 0.05) is 21.7 Å². The van der Waals surface area contributed by atoms with Crippen molar-refractivity contribution >= 4 is 34.7 Å². The largest absolute Gasteiger partial charge is 0.483 e. The summed E-state index contributed by atoms with van der Waals surface area (Å²) in [6, 6.07) is 12.6. The Morgan fingerprint density at radius 1 is 1.21 bits per heavy atom. The van der Waals surface area contributed by atoms with Crippen molar-refractivity contribution < 1.29 is 14.3 Å². The number of rotatable bonds is 4. The predicted octanol–water partition coefficient (Wildman–Crippen LogP) is 4.44. The Morgan fingerprint density at radius 3 is 2.67 bits per heavy atom. The molecule has 0 aliphatic carbocycles. The minimum atomic E-state index is -0.230. The molecule has 0 unspecified atom stereocenters. The van der Waals surface area contributed by atoms with Gasteiger partial charge in [-0.05, 0) is 43.7 Å². The number of halogens is 1. The predicted molar refractivity (Wildman–Crippen MR) is 94.4 cm³/mol. The maximum atomic E-state index is 12.7. The molecule has 0 aliphatic rings. The fraction of sp³-hybridized carbons (Fsp3) is 0.158. The van der Waals surface area contributed by atoms with E-state index in [4.69, 9.17) is 16.3 Å². The number of ether oxygens (including phenoxy) is 1. The highest BCUT2D eigenvalue weighted by molar-refractivity contribution is 6.30. The van der Waals surface area contributed by atoms with Crippen LogP contribution in [0.5, 0.6) is 5.75 Å². The van der Waals surface area contributed by atoms with Crippen LogP contribution < -0.4 is 4.74 Å². The molecule has 0 aliphatic heterocycles. The van der Waals surface area contributed by atoms with Gasteiger partial charge in [0.2, 0.25) is 0 Å². The van der Waals surface area contributed by atoms with E-state index in [-0.39, 0.29) is 12.5 Å². The monoisotopic (exact) mass is 341 g/mol. The molecular formula is C19H16ClNO3. The molecule has 1 heterocycles. The van der Waals surface area contributed by atoms with Crippen molar-refractivity contribution in [3.63, 3.8) is 0 Å². The number of carbonyl (C=O) groups excluding carboxylic acids is 2. The second-order valence-corrected chi connectivity index (χ2v) is 6.00. The molecule has 3 rings (SSSR count). The minimum Gasteiger partial charge on any atom is -0.483 e. The Hall–Kier alpha value is -2.59. The first-order valence-corrected chi connectivity index (χ1v) is 7.88. The van der Waals surface area contributed by atoms with E-state index in [1.54, 1.807) is 25.1 Å². The Kier molecular flexibility index (Phi) is 4.40. The molecule has 24 heavy (non-hydrogen) atoms. The van der Waals surface area contributed by atoms with Crippen molar-refractivity contribution in [1.82, 2.24) is 4.57 Å². The third-order valence-corrected chi connectivity index (χ3v) is 4.25. The average molecular weight is 342 g/mol. The summed E-state index contributed by atoms with van der Waals surface area (Å²) in [6.07, 6.45) is 0.783. The summed E-state index contributed by atoms with van der Waals surface area (Å²) >= 11 is 5.92. The topological polar surface area (TPSA) is 48.3 Å². The molecule has 0 saturated carbocycles. The van der Waals surface area contributed by atoms with E-state index < -0.39 is 0 Å². The van der Waals surface area contributed by atoms with E-state index in [0.29, 0.717) is 27.5 Å². The highest BCUT2D eigenvalue weighted by atomic mass is 35.5. The van der Waals surface area contributed by atoms with Gasteiger partial charge in [-0.2, -0.15) is 0 Å². The number of hydrogen-bond donors (Lipinski definition) is 0. The molecule has 122 valence electrons. The molecule has 0 saturated heterocycles. The maximum Gasteiger partial charge on any atom is 0.269 e. The first-order valence-electron chi connectivity index (χ1n) is 7.50. The number of para-hydroxylation sites is 1. The van der Waals surface area contributed by atoms with Crippen molar-refractivity contribution in [3.05, 3.63) is 64.3 Å². The van der Waals surface area contributed by atoms with Crippen LogP contribution in [-0.4, -0.2) is 23.4 Å². The number of aryl methyl sites for hydroxylation is 1. The third kappa shape index (κ3) is 2.81. The molecule has 0 radical (unpaired) electrons. The Labute approximate surface area is 144 Å². The summed E-state index contributed by atoms with van der Waals surface area (Å²) in [7, 11) is 0. The Morgan fingerprint density at radius 2 is 1.96 bits per heavy atom. The fourth-order valence-corrected chi connectivity index (χ4v) is 3.07. The lowest BCUT2D eigenvalue weighted by Gasteiger charge is -2.11. The van der Waals surface area contributed by atoms with Crippen molar-refractivity contribution in [1.29, 1.82) is 0 Å². The highest BCUT2D eigenvalue weighted by Crippen LogP contribution is 2.25. The molecule has 0 atom stereocenters. The third-order valence-electron chi connectivity index (χ3n) is 4.02. The molecule has 0 spiro atoms. The van der Waals surface area contributed by atoms with Crippen LogP contribution in [0, 0.1) is 13.8 Å². The SMILES string of the molecule is Cc1cc(Cl)ccc1OCC(=O)n1c(C)c(C=O)c2ccccc21. The van der Waals surface area contributed by atoms with Gasteiger partial charge in [-0.25, -0.2) is 0 Å². The molecule has 0 bridgehead atoms. The second-order valence-electron chi connectivity index (χ2n) is 5.56. The van der Waals surface area contributed by atoms with E-state index in [1.807, 2.05) is 31.2 Å². The summed E-state index contributed by atoms with van der Waals surface area (Å²) < 4.78 is 7.17. The quantitative estimate of drug-likeness (QED) is 0.659. The standard InChI is InChI=1S/C19H16ClNO3/c1-12-9-14(20)7-8-18(12)24-11-19(23)21-13(2)16(10-22)15-5-3-4-6-17(15)21/h3-10H,11H2,1-2H3. The van der Waals surface area contributed by atoms with Crippen LogP contribution in [-0.2, 0) is 0 Å². The van der Waals surface area contributed by atoms with E-state index in [0.717, 1.165) is 17.2 Å².